The zero-order valence-corrected chi connectivity index (χ0v) is 16.9. The second-order valence-corrected chi connectivity index (χ2v) is 7.66. The number of hydrogen-bond donors (Lipinski definition) is 3. The van der Waals surface area contributed by atoms with Crippen LogP contribution >= 0.6 is 0 Å². The van der Waals surface area contributed by atoms with Crippen molar-refractivity contribution in [1.29, 1.82) is 0 Å². The van der Waals surface area contributed by atoms with Crippen LogP contribution < -0.4 is 5.32 Å². The fraction of sp³-hybridized carbons (Fsp3) is 0.200. The Hall–Kier alpha value is -3.48. The van der Waals surface area contributed by atoms with Gasteiger partial charge in [0.1, 0.15) is 5.65 Å². The van der Waals surface area contributed by atoms with Crippen LogP contribution in [0.2, 0.25) is 0 Å². The van der Waals surface area contributed by atoms with Gasteiger partial charge >= 0.3 is 0 Å². The number of aliphatic hydroxyl groups is 1. The minimum absolute atomic E-state index is 0.0433. The Morgan fingerprint density at radius 2 is 1.97 bits per heavy atom. The second kappa shape index (κ2) is 8.34. The van der Waals surface area contributed by atoms with E-state index in [-0.39, 0.29) is 31.3 Å². The van der Waals surface area contributed by atoms with Crippen molar-refractivity contribution in [3.63, 3.8) is 0 Å². The lowest BCUT2D eigenvalue weighted by molar-refractivity contribution is 0.0139. The van der Waals surface area contributed by atoms with Crippen molar-refractivity contribution in [1.82, 2.24) is 15.3 Å². The topological polar surface area (TPSA) is 87.2 Å². The number of amides is 1. The lowest BCUT2D eigenvalue weighted by Gasteiger charge is -2.22. The largest absolute Gasteiger partial charge is 0.394 e. The maximum Gasteiger partial charge on any atom is 0.251 e. The van der Waals surface area contributed by atoms with E-state index < -0.39 is 0 Å². The number of aliphatic hydroxyl groups excluding tert-OH is 1. The van der Waals surface area contributed by atoms with Gasteiger partial charge in [-0.25, -0.2) is 4.98 Å². The average Bonchev–Trinajstić information content (AvgIpc) is 3.42. The lowest BCUT2D eigenvalue weighted by atomic mass is 10.0. The molecule has 6 heteroatoms. The van der Waals surface area contributed by atoms with E-state index >= 15 is 0 Å². The molecule has 156 valence electrons. The number of nitrogens with one attached hydrogen (secondary N) is 2. The Morgan fingerprint density at radius 3 is 2.81 bits per heavy atom. The maximum atomic E-state index is 13.0. The van der Waals surface area contributed by atoms with Gasteiger partial charge in [-0.15, -0.1) is 0 Å². The molecule has 31 heavy (non-hydrogen) atoms. The summed E-state index contributed by atoms with van der Waals surface area (Å²) in [4.78, 5) is 20.5. The summed E-state index contributed by atoms with van der Waals surface area (Å²) in [6.07, 6.45) is 4.18. The Balaban J connectivity index is 1.37. The number of carbonyl (C=O) groups is 1. The summed E-state index contributed by atoms with van der Waals surface area (Å²) in [5, 5.41) is 13.3. The second-order valence-electron chi connectivity index (χ2n) is 7.66. The third kappa shape index (κ3) is 3.71. The molecule has 2 heterocycles. The fourth-order valence-corrected chi connectivity index (χ4v) is 4.33. The predicted octanol–water partition coefficient (Wildman–Crippen LogP) is 3.63. The van der Waals surface area contributed by atoms with Crippen LogP contribution in [0.25, 0.3) is 22.2 Å². The molecular weight excluding hydrogens is 390 g/mol. The van der Waals surface area contributed by atoms with E-state index in [1.165, 1.54) is 5.56 Å². The molecular formula is C25H23N3O3. The van der Waals surface area contributed by atoms with Crippen LogP contribution in [0, 0.1) is 0 Å². The number of aromatic amines is 1. The highest BCUT2D eigenvalue weighted by Crippen LogP contribution is 2.34. The molecule has 2 atom stereocenters. The number of carbonyl (C=O) groups excluding carboxylic acids is 1. The summed E-state index contributed by atoms with van der Waals surface area (Å²) >= 11 is 0. The molecule has 0 fully saturated rings. The number of pyridine rings is 1. The van der Waals surface area contributed by atoms with Crippen molar-refractivity contribution in [3.8, 4) is 11.1 Å². The molecule has 0 saturated carbocycles. The zero-order chi connectivity index (χ0) is 21.2. The van der Waals surface area contributed by atoms with Gasteiger partial charge in [0, 0.05) is 29.8 Å². The molecule has 0 radical (unpaired) electrons. The van der Waals surface area contributed by atoms with Gasteiger partial charge < -0.3 is 20.1 Å². The highest BCUT2D eigenvalue weighted by atomic mass is 16.5. The van der Waals surface area contributed by atoms with Gasteiger partial charge in [0.2, 0.25) is 0 Å². The van der Waals surface area contributed by atoms with Crippen LogP contribution in [0.1, 0.15) is 27.5 Å². The summed E-state index contributed by atoms with van der Waals surface area (Å²) in [6, 6.07) is 19.4. The highest BCUT2D eigenvalue weighted by Gasteiger charge is 2.34. The van der Waals surface area contributed by atoms with Gasteiger partial charge in [-0.1, -0.05) is 36.4 Å². The van der Waals surface area contributed by atoms with Crippen LogP contribution in [-0.4, -0.2) is 40.3 Å². The van der Waals surface area contributed by atoms with E-state index in [0.29, 0.717) is 5.56 Å². The maximum absolute atomic E-state index is 13.0. The van der Waals surface area contributed by atoms with Crippen LogP contribution in [-0.2, 0) is 11.2 Å². The first-order chi connectivity index (χ1) is 15.2. The van der Waals surface area contributed by atoms with Crippen molar-refractivity contribution in [2.75, 3.05) is 13.2 Å². The standard InChI is InChI=1S/C25H23N3O3/c29-13-14-31-22-15-18-3-1-2-4-20(18)23(22)28-25(30)17-7-5-16(6-8-17)19-9-11-26-24-21(19)10-12-27-24/h1-12,22-23,29H,13-15H2,(H,26,27)(H,28,30)/t22-,23-/m1/s1. The molecule has 0 unspecified atom stereocenters. The van der Waals surface area contributed by atoms with E-state index in [0.717, 1.165) is 34.1 Å². The van der Waals surface area contributed by atoms with Gasteiger partial charge in [0.25, 0.3) is 5.91 Å². The molecule has 2 aromatic heterocycles. The Bertz CT molecular complexity index is 1220. The first-order valence-corrected chi connectivity index (χ1v) is 10.4. The molecule has 2 aromatic carbocycles. The number of ether oxygens (including phenoxy) is 1. The van der Waals surface area contributed by atoms with E-state index in [2.05, 4.69) is 21.4 Å². The van der Waals surface area contributed by atoms with Crippen molar-refractivity contribution >= 4 is 16.9 Å². The number of hydrogen-bond acceptors (Lipinski definition) is 4. The summed E-state index contributed by atoms with van der Waals surface area (Å²) in [6.45, 7) is 0.206. The van der Waals surface area contributed by atoms with Gasteiger partial charge in [-0.3, -0.25) is 4.79 Å². The van der Waals surface area contributed by atoms with Crippen LogP contribution in [0.15, 0.2) is 73.1 Å². The van der Waals surface area contributed by atoms with Crippen LogP contribution in [0.5, 0.6) is 0 Å². The summed E-state index contributed by atoms with van der Waals surface area (Å²) in [5.41, 5.74) is 5.77. The first-order valence-electron chi connectivity index (χ1n) is 10.4. The van der Waals surface area contributed by atoms with Gasteiger partial charge in [-0.05, 0) is 46.5 Å². The van der Waals surface area contributed by atoms with E-state index in [1.807, 2.05) is 60.8 Å². The van der Waals surface area contributed by atoms with E-state index in [9.17, 15) is 4.79 Å². The molecule has 0 aliphatic heterocycles. The molecule has 0 bridgehead atoms. The highest BCUT2D eigenvalue weighted by molar-refractivity contribution is 5.97. The normalized spacial score (nSPS) is 17.6. The third-order valence-corrected chi connectivity index (χ3v) is 5.81. The van der Waals surface area contributed by atoms with Crippen LogP contribution in [0.4, 0.5) is 0 Å². The number of rotatable bonds is 6. The monoisotopic (exact) mass is 413 g/mol. The molecule has 5 rings (SSSR count). The third-order valence-electron chi connectivity index (χ3n) is 5.81. The average molecular weight is 413 g/mol. The van der Waals surface area contributed by atoms with Crippen molar-refractivity contribution in [2.45, 2.75) is 18.6 Å². The number of H-pyrrole nitrogens is 1. The zero-order valence-electron chi connectivity index (χ0n) is 16.9. The van der Waals surface area contributed by atoms with Gasteiger partial charge in [0.15, 0.2) is 0 Å². The minimum Gasteiger partial charge on any atom is -0.394 e. The first kappa shape index (κ1) is 19.5. The summed E-state index contributed by atoms with van der Waals surface area (Å²) < 4.78 is 5.82. The minimum atomic E-state index is -0.241. The molecule has 4 aromatic rings. The van der Waals surface area contributed by atoms with Crippen molar-refractivity contribution < 1.29 is 14.6 Å². The fourth-order valence-electron chi connectivity index (χ4n) is 4.33. The number of benzene rings is 2. The SMILES string of the molecule is O=C(N[C@@H]1c2ccccc2C[C@H]1OCCO)c1ccc(-c2ccnc3[nH]ccc23)cc1. The summed E-state index contributed by atoms with van der Waals surface area (Å²) in [5.74, 6) is -0.146. The van der Waals surface area contributed by atoms with Crippen LogP contribution in [0.3, 0.4) is 0 Å². The molecule has 6 nitrogen and oxygen atoms in total. The Morgan fingerprint density at radius 1 is 1.13 bits per heavy atom. The molecule has 1 amide bonds. The molecule has 1 aliphatic rings. The number of aromatic nitrogens is 2. The molecule has 0 spiro atoms. The quantitative estimate of drug-likeness (QED) is 0.450. The molecule has 3 N–H and O–H groups in total. The van der Waals surface area contributed by atoms with Crippen molar-refractivity contribution in [2.24, 2.45) is 0 Å². The number of fused-ring (bicyclic) bond motifs is 2. The van der Waals surface area contributed by atoms with E-state index in [4.69, 9.17) is 9.84 Å². The predicted molar refractivity (Wildman–Crippen MR) is 119 cm³/mol. The molecule has 1 aliphatic carbocycles. The Kier molecular flexibility index (Phi) is 5.24. The van der Waals surface area contributed by atoms with E-state index in [1.54, 1.807) is 6.20 Å². The van der Waals surface area contributed by atoms with Gasteiger partial charge in [0.05, 0.1) is 25.4 Å². The molecule has 0 saturated heterocycles. The Labute approximate surface area is 179 Å². The smallest absolute Gasteiger partial charge is 0.251 e. The summed E-state index contributed by atoms with van der Waals surface area (Å²) in [7, 11) is 0. The lowest BCUT2D eigenvalue weighted by Crippen LogP contribution is -2.35. The van der Waals surface area contributed by atoms with Gasteiger partial charge in [-0.2, -0.15) is 0 Å². The number of nitrogens with zero attached hydrogens (tertiary/aromatic N) is 1. The van der Waals surface area contributed by atoms with Crippen molar-refractivity contribution in [3.05, 3.63) is 89.7 Å².